The van der Waals surface area contributed by atoms with Crippen molar-refractivity contribution in [2.75, 3.05) is 0 Å². The summed E-state index contributed by atoms with van der Waals surface area (Å²) in [6.07, 6.45) is 0. The molecule has 0 N–H and O–H groups in total. The van der Waals surface area contributed by atoms with Gasteiger partial charge in [-0.1, -0.05) is 140 Å². The molecule has 0 aliphatic carbocycles. The number of benzene rings is 8. The lowest BCUT2D eigenvalue weighted by Crippen LogP contribution is -2.74. The monoisotopic (exact) mass is 745 g/mol. The molecule has 12 aromatic rings. The number of para-hydroxylation sites is 7. The highest BCUT2D eigenvalue weighted by Gasteiger charge is 2.41. The zero-order valence-electron chi connectivity index (χ0n) is 30.9. The molecule has 5 nitrogen and oxygen atoms in total. The van der Waals surface area contributed by atoms with Crippen molar-refractivity contribution in [3.05, 3.63) is 212 Å². The molecule has 0 saturated heterocycles. The number of hydrogen-bond donors (Lipinski definition) is 0. The van der Waals surface area contributed by atoms with Crippen LogP contribution < -0.4 is 20.7 Å². The molecule has 0 bridgehead atoms. The smallest absolute Gasteiger partial charge is 0.220 e. The van der Waals surface area contributed by atoms with Crippen LogP contribution in [0, 0.1) is 0 Å². The molecule has 0 amide bonds. The maximum atomic E-state index is 5.15. The molecule has 0 unspecified atom stereocenters. The first-order chi connectivity index (χ1) is 28.3. The minimum absolute atomic E-state index is 0.915. The van der Waals surface area contributed by atoms with Gasteiger partial charge >= 0.3 is 0 Å². The van der Waals surface area contributed by atoms with E-state index in [1.54, 1.807) is 0 Å². The average Bonchev–Trinajstić information content (AvgIpc) is 4.02. The minimum Gasteiger partial charge on any atom is -0.294 e. The van der Waals surface area contributed by atoms with E-state index >= 15 is 0 Å². The van der Waals surface area contributed by atoms with Crippen LogP contribution in [0.5, 0.6) is 0 Å². The van der Waals surface area contributed by atoms with Gasteiger partial charge in [0.05, 0.1) is 38.6 Å². The van der Waals surface area contributed by atoms with Crippen molar-refractivity contribution in [1.82, 2.24) is 22.9 Å². The number of fused-ring (bicyclic) bond motifs is 10. The van der Waals surface area contributed by atoms with Gasteiger partial charge in [0.25, 0.3) is 0 Å². The van der Waals surface area contributed by atoms with Crippen molar-refractivity contribution in [3.8, 4) is 11.4 Å². The second-order valence-corrected chi connectivity index (χ2v) is 18.7. The van der Waals surface area contributed by atoms with E-state index in [2.05, 4.69) is 230 Å². The number of hydrogen-bond acceptors (Lipinski definition) is 1. The Morgan fingerprint density at radius 2 is 0.772 bits per heavy atom. The molecule has 12 rings (SSSR count). The molecular weight excluding hydrogens is 711 g/mol. The molecule has 0 radical (unpaired) electrons. The van der Waals surface area contributed by atoms with Crippen LogP contribution in [-0.4, -0.2) is 31.0 Å². The second kappa shape index (κ2) is 12.3. The van der Waals surface area contributed by atoms with Crippen molar-refractivity contribution < 1.29 is 0 Å². The van der Waals surface area contributed by atoms with E-state index in [1.807, 2.05) is 0 Å². The van der Waals surface area contributed by atoms with Crippen molar-refractivity contribution in [3.63, 3.8) is 0 Å². The highest BCUT2D eigenvalue weighted by Crippen LogP contribution is 2.32. The Kier molecular flexibility index (Phi) is 6.88. The number of imidazole rings is 3. The number of aromatic nitrogens is 5. The van der Waals surface area contributed by atoms with Crippen molar-refractivity contribution >= 4 is 84.2 Å². The lowest BCUT2D eigenvalue weighted by atomic mass is 10.2. The molecule has 0 atom stereocenters. The summed E-state index contributed by atoms with van der Waals surface area (Å²) in [5.74, 6) is 0.915. The fourth-order valence-electron chi connectivity index (χ4n) is 9.50. The van der Waals surface area contributed by atoms with E-state index in [9.17, 15) is 0 Å². The molecule has 0 aliphatic rings. The van der Waals surface area contributed by atoms with E-state index in [-0.39, 0.29) is 0 Å². The Hall–Kier alpha value is -7.41. The van der Waals surface area contributed by atoms with Crippen LogP contribution in [-0.2, 0) is 0 Å². The maximum Gasteiger partial charge on any atom is 0.220 e. The summed E-state index contributed by atoms with van der Waals surface area (Å²) in [7, 11) is -2.83. The summed E-state index contributed by atoms with van der Waals surface area (Å²) in [6.45, 7) is 0. The van der Waals surface area contributed by atoms with Crippen LogP contribution >= 0.6 is 0 Å². The molecule has 6 heteroatoms. The molecule has 4 heterocycles. The Labute approximate surface area is 329 Å². The predicted molar refractivity (Wildman–Crippen MR) is 238 cm³/mol. The summed E-state index contributed by atoms with van der Waals surface area (Å²) in [4.78, 5) is 5.15. The third kappa shape index (κ3) is 4.53. The summed E-state index contributed by atoms with van der Waals surface area (Å²) in [6, 6.07) is 77.8. The van der Waals surface area contributed by atoms with Crippen molar-refractivity contribution in [1.29, 1.82) is 0 Å². The van der Waals surface area contributed by atoms with Gasteiger partial charge in [0.2, 0.25) is 5.78 Å². The van der Waals surface area contributed by atoms with Gasteiger partial charge < -0.3 is 0 Å². The highest BCUT2D eigenvalue weighted by molar-refractivity contribution is 7.19. The summed E-state index contributed by atoms with van der Waals surface area (Å²) < 4.78 is 9.38. The third-order valence-corrected chi connectivity index (χ3v) is 16.7. The standard InChI is InChI=1S/C51H35N5Si/c1-3-16-39(17-4-1)57(40-18-5-2-6-19-40,41-31-27-37(28-32-41)53-46-23-11-13-25-48(46)55-44-21-9-7-15-36(44)35-50(53)55)42-33-29-38(30-34-42)54-47-24-12-14-26-49(47)56-45-22-10-8-20-43(45)52-51(54)56/h1-35H. The van der Waals surface area contributed by atoms with Gasteiger partial charge in [-0.15, -0.1) is 0 Å². The van der Waals surface area contributed by atoms with Gasteiger partial charge in [0.1, 0.15) is 5.65 Å². The van der Waals surface area contributed by atoms with Crippen LogP contribution in [0.15, 0.2) is 212 Å². The molecule has 57 heavy (non-hydrogen) atoms. The largest absolute Gasteiger partial charge is 0.294 e. The van der Waals surface area contributed by atoms with Crippen molar-refractivity contribution in [2.24, 2.45) is 0 Å². The van der Waals surface area contributed by atoms with E-state index in [4.69, 9.17) is 4.98 Å². The zero-order chi connectivity index (χ0) is 37.5. The Morgan fingerprint density at radius 3 is 1.39 bits per heavy atom. The van der Waals surface area contributed by atoms with E-state index in [0.717, 1.165) is 44.9 Å². The topological polar surface area (TPSA) is 31.6 Å². The Bertz CT molecular complexity index is 3210. The fourth-order valence-corrected chi connectivity index (χ4v) is 14.2. The van der Waals surface area contributed by atoms with Crippen LogP contribution in [0.3, 0.4) is 0 Å². The first kappa shape index (κ1) is 31.9. The molecule has 268 valence electrons. The lowest BCUT2D eigenvalue weighted by Gasteiger charge is -2.34. The van der Waals surface area contributed by atoms with Gasteiger partial charge in [-0.05, 0) is 93.5 Å². The Balaban J connectivity index is 1.07. The van der Waals surface area contributed by atoms with Crippen molar-refractivity contribution in [2.45, 2.75) is 0 Å². The lowest BCUT2D eigenvalue weighted by molar-refractivity contribution is 1.11. The summed E-state index contributed by atoms with van der Waals surface area (Å²) in [5, 5.41) is 6.58. The van der Waals surface area contributed by atoms with E-state index in [0.29, 0.717) is 0 Å². The third-order valence-electron chi connectivity index (χ3n) is 11.9. The molecule has 0 fully saturated rings. The quantitative estimate of drug-likeness (QED) is 0.124. The van der Waals surface area contributed by atoms with E-state index < -0.39 is 8.07 Å². The SMILES string of the molecule is c1ccc([Si](c2ccccc2)(c2ccc(-n3c4ccccc4n4c5ccccc5cc34)cc2)c2ccc(-n3c4ccccc4n4c5ccccc5nc34)cc2)cc1. The predicted octanol–water partition coefficient (Wildman–Crippen LogP) is 9.16. The zero-order valence-corrected chi connectivity index (χ0v) is 31.9. The minimum atomic E-state index is -2.83. The fraction of sp³-hybridized carbons (Fsp3) is 0. The van der Waals surface area contributed by atoms with Gasteiger partial charge in [-0.3, -0.25) is 17.9 Å². The molecule has 0 saturated carbocycles. The molecular formula is C51H35N5Si. The van der Waals surface area contributed by atoms with E-state index in [1.165, 1.54) is 42.7 Å². The molecule has 0 aliphatic heterocycles. The molecule has 0 spiro atoms. The van der Waals surface area contributed by atoms with Crippen LogP contribution in [0.4, 0.5) is 0 Å². The Morgan fingerprint density at radius 1 is 0.333 bits per heavy atom. The molecule has 4 aromatic heterocycles. The van der Waals surface area contributed by atoms with Gasteiger partial charge in [0.15, 0.2) is 8.07 Å². The van der Waals surface area contributed by atoms with Gasteiger partial charge in [0, 0.05) is 16.8 Å². The van der Waals surface area contributed by atoms with Gasteiger partial charge in [-0.2, -0.15) is 0 Å². The average molecular weight is 746 g/mol. The summed E-state index contributed by atoms with van der Waals surface area (Å²) >= 11 is 0. The molecule has 8 aromatic carbocycles. The van der Waals surface area contributed by atoms with Crippen LogP contribution in [0.1, 0.15) is 0 Å². The van der Waals surface area contributed by atoms with Crippen LogP contribution in [0.2, 0.25) is 0 Å². The number of nitrogens with zero attached hydrogens (tertiary/aromatic N) is 5. The summed E-state index contributed by atoms with van der Waals surface area (Å²) in [5.41, 5.74) is 11.4. The highest BCUT2D eigenvalue weighted by atomic mass is 28.3. The normalized spacial score (nSPS) is 12.2. The maximum absolute atomic E-state index is 5.15. The van der Waals surface area contributed by atoms with Gasteiger partial charge in [-0.25, -0.2) is 4.98 Å². The first-order valence-electron chi connectivity index (χ1n) is 19.5. The van der Waals surface area contributed by atoms with Crippen LogP contribution in [0.25, 0.3) is 66.8 Å². The first-order valence-corrected chi connectivity index (χ1v) is 21.5. The second-order valence-electron chi connectivity index (χ2n) is 14.9. The number of rotatable bonds is 6.